The molecule has 0 spiro atoms. The first-order valence-corrected chi connectivity index (χ1v) is 13.0. The van der Waals surface area contributed by atoms with Crippen molar-refractivity contribution in [3.8, 4) is 0 Å². The summed E-state index contributed by atoms with van der Waals surface area (Å²) < 4.78 is 25.0. The zero-order valence-electron chi connectivity index (χ0n) is 18.0. The molecule has 9 nitrogen and oxygen atoms in total. The number of aromatic amines is 1. The molecule has 0 aliphatic heterocycles. The number of fused-ring (bicyclic) bond motifs is 1. The molecular formula is C23H21N5O4S2. The minimum Gasteiger partial charge on any atom is -0.333 e. The van der Waals surface area contributed by atoms with Crippen LogP contribution in [0.3, 0.4) is 0 Å². The van der Waals surface area contributed by atoms with E-state index in [1.807, 2.05) is 36.4 Å². The van der Waals surface area contributed by atoms with Crippen LogP contribution in [0.1, 0.15) is 26.3 Å². The first kappa shape index (κ1) is 23.3. The van der Waals surface area contributed by atoms with Crippen molar-refractivity contribution in [3.63, 3.8) is 0 Å². The maximum atomic E-state index is 12.4. The molecule has 0 bridgehead atoms. The van der Waals surface area contributed by atoms with E-state index in [4.69, 9.17) is 0 Å². The summed E-state index contributed by atoms with van der Waals surface area (Å²) in [5, 5.41) is 0.821. The third-order valence-corrected chi connectivity index (χ3v) is 6.23. The molecule has 0 aliphatic carbocycles. The van der Waals surface area contributed by atoms with Crippen LogP contribution in [0.4, 0.5) is 5.69 Å². The van der Waals surface area contributed by atoms with E-state index in [2.05, 4.69) is 25.5 Å². The van der Waals surface area contributed by atoms with Crippen molar-refractivity contribution in [2.24, 2.45) is 0 Å². The highest BCUT2D eigenvalue weighted by molar-refractivity contribution is 7.98. The van der Waals surface area contributed by atoms with Gasteiger partial charge in [0.1, 0.15) is 0 Å². The van der Waals surface area contributed by atoms with Gasteiger partial charge in [0.05, 0.1) is 17.3 Å². The Hall–Kier alpha value is -3.83. The number of sulfonamides is 1. The average Bonchev–Trinajstić information content (AvgIpc) is 3.23. The molecule has 0 saturated heterocycles. The molecule has 174 valence electrons. The molecule has 3 aromatic carbocycles. The minimum atomic E-state index is -3.47. The predicted octanol–water partition coefficient (Wildman–Crippen LogP) is 3.30. The number of carbonyl (C=O) groups is 2. The van der Waals surface area contributed by atoms with Gasteiger partial charge < -0.3 is 4.98 Å². The Kier molecular flexibility index (Phi) is 6.85. The number of nitrogens with one attached hydrogen (secondary N) is 4. The second kappa shape index (κ2) is 9.98. The number of hydrazine groups is 1. The number of nitrogens with zero attached hydrogens (tertiary/aromatic N) is 1. The van der Waals surface area contributed by atoms with E-state index in [-0.39, 0.29) is 11.3 Å². The lowest BCUT2D eigenvalue weighted by Gasteiger charge is -2.09. The molecule has 1 aromatic heterocycles. The van der Waals surface area contributed by atoms with Gasteiger partial charge in [-0.25, -0.2) is 13.4 Å². The lowest BCUT2D eigenvalue weighted by Crippen LogP contribution is -2.41. The van der Waals surface area contributed by atoms with Gasteiger partial charge >= 0.3 is 0 Å². The van der Waals surface area contributed by atoms with Crippen LogP contribution in [-0.4, -0.2) is 36.5 Å². The fraction of sp³-hybridized carbons (Fsp3) is 0.0870. The quantitative estimate of drug-likeness (QED) is 0.230. The molecule has 0 atom stereocenters. The number of carbonyl (C=O) groups excluding carboxylic acids is 2. The number of H-pyrrole nitrogens is 1. The van der Waals surface area contributed by atoms with E-state index in [0.29, 0.717) is 11.3 Å². The lowest BCUT2D eigenvalue weighted by molar-refractivity contribution is 0.0846. The Morgan fingerprint density at radius 1 is 0.912 bits per heavy atom. The Morgan fingerprint density at radius 3 is 2.32 bits per heavy atom. The van der Waals surface area contributed by atoms with Gasteiger partial charge in [-0.15, -0.1) is 0 Å². The van der Waals surface area contributed by atoms with E-state index >= 15 is 0 Å². The summed E-state index contributed by atoms with van der Waals surface area (Å²) >= 11 is 1.56. The average molecular weight is 496 g/mol. The van der Waals surface area contributed by atoms with Crippen LogP contribution in [0.2, 0.25) is 0 Å². The largest absolute Gasteiger partial charge is 0.333 e. The summed E-state index contributed by atoms with van der Waals surface area (Å²) in [5.41, 5.74) is 8.42. The number of hydrogen-bond donors (Lipinski definition) is 4. The molecule has 34 heavy (non-hydrogen) atoms. The Bertz CT molecular complexity index is 1420. The number of aromatic nitrogens is 2. The zero-order valence-corrected chi connectivity index (χ0v) is 19.7. The van der Waals surface area contributed by atoms with Crippen LogP contribution >= 0.6 is 11.8 Å². The zero-order chi connectivity index (χ0) is 24.1. The summed E-state index contributed by atoms with van der Waals surface area (Å²) in [6.45, 7) is 0. The summed E-state index contributed by atoms with van der Waals surface area (Å²) in [7, 11) is -3.47. The van der Waals surface area contributed by atoms with Crippen LogP contribution in [0, 0.1) is 0 Å². The standard InChI is InChI=1S/C23H21N5O4S2/c1-34(31,32)28-18-6-4-5-17(13-18)22(30)27-26-21(29)16-11-9-15(10-12-16)14-33-23-24-19-7-2-3-8-20(19)25-23/h2-13,28H,14H2,1H3,(H,24,25)(H,26,29)(H,27,30). The molecule has 0 radical (unpaired) electrons. The van der Waals surface area contributed by atoms with Gasteiger partial charge in [-0.1, -0.05) is 42.1 Å². The highest BCUT2D eigenvalue weighted by atomic mass is 32.2. The van der Waals surface area contributed by atoms with Crippen LogP contribution in [0.5, 0.6) is 0 Å². The van der Waals surface area contributed by atoms with Gasteiger partial charge in [-0.2, -0.15) is 0 Å². The number of imidazole rings is 1. The second-order valence-corrected chi connectivity index (χ2v) is 10.1. The lowest BCUT2D eigenvalue weighted by atomic mass is 10.1. The third-order valence-electron chi connectivity index (χ3n) is 4.68. The number of rotatable bonds is 7. The number of thioether (sulfide) groups is 1. The molecule has 0 fully saturated rings. The van der Waals surface area contributed by atoms with Crippen molar-refractivity contribution in [3.05, 3.63) is 89.5 Å². The third kappa shape index (κ3) is 6.15. The number of anilines is 1. The molecule has 2 amide bonds. The highest BCUT2D eigenvalue weighted by Crippen LogP contribution is 2.23. The SMILES string of the molecule is CS(=O)(=O)Nc1cccc(C(=O)NNC(=O)c2ccc(CSc3nc4ccccc4[nH]3)cc2)c1. The Morgan fingerprint density at radius 2 is 1.62 bits per heavy atom. The first-order valence-electron chi connectivity index (χ1n) is 10.1. The fourth-order valence-corrected chi connectivity index (χ4v) is 4.49. The van der Waals surface area contributed by atoms with Crippen molar-refractivity contribution < 1.29 is 18.0 Å². The number of hydrogen-bond acceptors (Lipinski definition) is 6. The predicted molar refractivity (Wildman–Crippen MR) is 132 cm³/mol. The van der Waals surface area contributed by atoms with E-state index in [1.54, 1.807) is 23.9 Å². The van der Waals surface area contributed by atoms with Crippen LogP contribution in [0.15, 0.2) is 78.0 Å². The summed E-state index contributed by atoms with van der Waals surface area (Å²) in [5.74, 6) is -0.379. The normalized spacial score (nSPS) is 11.2. The van der Waals surface area contributed by atoms with Gasteiger partial charge in [0.2, 0.25) is 10.0 Å². The molecule has 4 rings (SSSR count). The maximum absolute atomic E-state index is 12.4. The van der Waals surface area contributed by atoms with Crippen molar-refractivity contribution in [1.29, 1.82) is 0 Å². The van der Waals surface area contributed by atoms with E-state index in [1.165, 1.54) is 24.3 Å². The van der Waals surface area contributed by atoms with Crippen LogP contribution < -0.4 is 15.6 Å². The van der Waals surface area contributed by atoms with Gasteiger partial charge in [0.25, 0.3) is 11.8 Å². The smallest absolute Gasteiger partial charge is 0.269 e. The topological polar surface area (TPSA) is 133 Å². The molecule has 4 aromatic rings. The van der Waals surface area contributed by atoms with E-state index in [0.717, 1.165) is 28.0 Å². The summed E-state index contributed by atoms with van der Waals surface area (Å²) in [4.78, 5) is 32.5. The van der Waals surface area contributed by atoms with Crippen LogP contribution in [0.25, 0.3) is 11.0 Å². The monoisotopic (exact) mass is 495 g/mol. The van der Waals surface area contributed by atoms with Gasteiger partial charge in [0, 0.05) is 22.6 Å². The second-order valence-electron chi connectivity index (χ2n) is 7.41. The Labute approximate surface area is 200 Å². The van der Waals surface area contributed by atoms with Gasteiger partial charge in [-0.3, -0.25) is 25.2 Å². The van der Waals surface area contributed by atoms with Crippen molar-refractivity contribution >= 4 is 50.3 Å². The fourth-order valence-electron chi connectivity index (χ4n) is 3.10. The molecule has 4 N–H and O–H groups in total. The molecule has 0 unspecified atom stereocenters. The number of benzene rings is 3. The first-order chi connectivity index (χ1) is 16.3. The summed E-state index contributed by atoms with van der Waals surface area (Å²) in [6.07, 6.45) is 1.02. The number of para-hydroxylation sites is 2. The Balaban J connectivity index is 1.30. The molecule has 0 aliphatic rings. The van der Waals surface area contributed by atoms with E-state index < -0.39 is 21.8 Å². The number of amides is 2. The minimum absolute atomic E-state index is 0.187. The molecule has 1 heterocycles. The van der Waals surface area contributed by atoms with Crippen molar-refractivity contribution in [1.82, 2.24) is 20.8 Å². The summed E-state index contributed by atoms with van der Waals surface area (Å²) in [6, 6.07) is 20.8. The van der Waals surface area contributed by atoms with Crippen molar-refractivity contribution in [2.45, 2.75) is 10.9 Å². The van der Waals surface area contributed by atoms with Gasteiger partial charge in [0.15, 0.2) is 5.16 Å². The van der Waals surface area contributed by atoms with E-state index in [9.17, 15) is 18.0 Å². The molecule has 11 heteroatoms. The molecule has 0 saturated carbocycles. The molecular weight excluding hydrogens is 474 g/mol. The van der Waals surface area contributed by atoms with Crippen molar-refractivity contribution in [2.75, 3.05) is 11.0 Å². The maximum Gasteiger partial charge on any atom is 0.269 e. The highest BCUT2D eigenvalue weighted by Gasteiger charge is 2.11. The van der Waals surface area contributed by atoms with Crippen LogP contribution in [-0.2, 0) is 15.8 Å². The van der Waals surface area contributed by atoms with Gasteiger partial charge in [-0.05, 0) is 48.0 Å².